The van der Waals surface area contributed by atoms with Gasteiger partial charge >= 0.3 is 0 Å². The fourth-order valence-corrected chi connectivity index (χ4v) is 3.50. The van der Waals surface area contributed by atoms with Crippen LogP contribution in [0.15, 0.2) is 48.5 Å². The Balaban J connectivity index is 2.10. The van der Waals surface area contributed by atoms with Gasteiger partial charge in [-0.2, -0.15) is 0 Å². The first kappa shape index (κ1) is 25.0. The van der Waals surface area contributed by atoms with Crippen LogP contribution in [0.5, 0.6) is 5.75 Å². The molecule has 2 rings (SSSR count). The first-order valence-electron chi connectivity index (χ1n) is 10.3. The van der Waals surface area contributed by atoms with Gasteiger partial charge in [0.25, 0.3) is 0 Å². The Bertz CT molecular complexity index is 862. The molecule has 1 atom stereocenters. The number of benzene rings is 2. The molecule has 168 valence electrons. The maximum Gasteiger partial charge on any atom is 0.242 e. The number of nitrogens with one attached hydrogen (secondary N) is 1. The summed E-state index contributed by atoms with van der Waals surface area (Å²) < 4.78 is 5.67. The summed E-state index contributed by atoms with van der Waals surface area (Å²) in [6.45, 7) is 7.96. The molecule has 0 aliphatic rings. The zero-order valence-electron chi connectivity index (χ0n) is 18.5. The molecule has 5 nitrogen and oxygen atoms in total. The van der Waals surface area contributed by atoms with Crippen LogP contribution in [0.2, 0.25) is 10.0 Å². The fraction of sp³-hybridized carbons (Fsp3) is 0.417. The van der Waals surface area contributed by atoms with Crippen molar-refractivity contribution in [2.45, 2.75) is 58.7 Å². The lowest BCUT2D eigenvalue weighted by Crippen LogP contribution is -2.52. The maximum atomic E-state index is 13.1. The van der Waals surface area contributed by atoms with Crippen molar-refractivity contribution >= 4 is 35.0 Å². The van der Waals surface area contributed by atoms with E-state index < -0.39 is 11.6 Å². The fourth-order valence-electron chi connectivity index (χ4n) is 2.98. The lowest BCUT2D eigenvalue weighted by atomic mass is 10.1. The summed E-state index contributed by atoms with van der Waals surface area (Å²) in [5, 5.41) is 3.85. The van der Waals surface area contributed by atoms with E-state index in [0.29, 0.717) is 28.6 Å². The van der Waals surface area contributed by atoms with Gasteiger partial charge in [-0.1, -0.05) is 47.5 Å². The maximum absolute atomic E-state index is 13.1. The number of rotatable bonds is 9. The Kier molecular flexibility index (Phi) is 9.20. The largest absolute Gasteiger partial charge is 0.494 e. The number of hydrogen-bond acceptors (Lipinski definition) is 3. The first-order valence-corrected chi connectivity index (χ1v) is 11.1. The minimum Gasteiger partial charge on any atom is -0.494 e. The van der Waals surface area contributed by atoms with Crippen LogP contribution < -0.4 is 10.1 Å². The lowest BCUT2D eigenvalue weighted by Gasteiger charge is -2.32. The van der Waals surface area contributed by atoms with Crippen molar-refractivity contribution < 1.29 is 14.3 Å². The van der Waals surface area contributed by atoms with Crippen molar-refractivity contribution in [3.05, 3.63) is 64.1 Å². The van der Waals surface area contributed by atoms with Crippen molar-refractivity contribution in [1.82, 2.24) is 10.2 Å². The van der Waals surface area contributed by atoms with Gasteiger partial charge < -0.3 is 15.0 Å². The van der Waals surface area contributed by atoms with Crippen molar-refractivity contribution in [3.8, 4) is 5.75 Å². The molecular weight excluding hydrogens is 435 g/mol. The van der Waals surface area contributed by atoms with E-state index in [1.54, 1.807) is 25.1 Å². The Hall–Kier alpha value is -2.24. The van der Waals surface area contributed by atoms with E-state index in [1.165, 1.54) is 4.90 Å². The Morgan fingerprint density at radius 1 is 1.03 bits per heavy atom. The highest BCUT2D eigenvalue weighted by molar-refractivity contribution is 6.36. The van der Waals surface area contributed by atoms with Crippen LogP contribution in [0.25, 0.3) is 0 Å². The van der Waals surface area contributed by atoms with E-state index in [-0.39, 0.29) is 24.8 Å². The van der Waals surface area contributed by atoms with Crippen LogP contribution in [-0.2, 0) is 16.1 Å². The zero-order chi connectivity index (χ0) is 23.0. The number of ether oxygens (including phenoxy) is 1. The second kappa shape index (κ2) is 11.4. The first-order chi connectivity index (χ1) is 14.6. The molecule has 1 N–H and O–H groups in total. The van der Waals surface area contributed by atoms with Gasteiger partial charge in [0.05, 0.1) is 6.61 Å². The number of para-hydroxylation sites is 1. The van der Waals surface area contributed by atoms with Crippen molar-refractivity contribution in [2.24, 2.45) is 0 Å². The summed E-state index contributed by atoms with van der Waals surface area (Å²) in [6.07, 6.45) is 0.760. The van der Waals surface area contributed by atoms with E-state index in [9.17, 15) is 9.59 Å². The third kappa shape index (κ3) is 8.08. The summed E-state index contributed by atoms with van der Waals surface area (Å²) in [4.78, 5) is 27.4. The van der Waals surface area contributed by atoms with E-state index in [0.717, 1.165) is 5.75 Å². The van der Waals surface area contributed by atoms with Crippen LogP contribution in [0.3, 0.4) is 0 Å². The number of nitrogens with zero attached hydrogens (tertiary/aromatic N) is 1. The molecule has 2 amide bonds. The summed E-state index contributed by atoms with van der Waals surface area (Å²) in [6, 6.07) is 13.9. The van der Waals surface area contributed by atoms with Crippen LogP contribution in [-0.4, -0.2) is 34.9 Å². The molecule has 0 heterocycles. The van der Waals surface area contributed by atoms with Crippen molar-refractivity contribution in [2.75, 3.05) is 6.61 Å². The number of halogens is 2. The summed E-state index contributed by atoms with van der Waals surface area (Å²) in [5.41, 5.74) is 0.209. The topological polar surface area (TPSA) is 58.6 Å². The summed E-state index contributed by atoms with van der Waals surface area (Å²) in [7, 11) is 0. The average Bonchev–Trinajstić information content (AvgIpc) is 2.70. The van der Waals surface area contributed by atoms with Gasteiger partial charge in [-0.3, -0.25) is 9.59 Å². The predicted octanol–water partition coefficient (Wildman–Crippen LogP) is 5.48. The number of hydrogen-bond donors (Lipinski definition) is 1. The molecule has 0 radical (unpaired) electrons. The molecule has 0 fully saturated rings. The molecule has 0 aliphatic heterocycles. The summed E-state index contributed by atoms with van der Waals surface area (Å²) >= 11 is 12.6. The third-order valence-electron chi connectivity index (χ3n) is 4.60. The standard InChI is InChI=1S/C24H30Cl2N2O3/c1-17(23(30)27-24(2,3)4)28(16-19-20(25)12-8-13-21(19)26)22(29)14-9-15-31-18-10-6-5-7-11-18/h5-8,10-13,17H,9,14-16H2,1-4H3,(H,27,30)/t17-/m1/s1. The van der Waals surface area contributed by atoms with Gasteiger partial charge in [0, 0.05) is 34.1 Å². The lowest BCUT2D eigenvalue weighted by molar-refractivity contribution is -0.141. The van der Waals surface area contributed by atoms with E-state index in [2.05, 4.69) is 5.32 Å². The highest BCUT2D eigenvalue weighted by Gasteiger charge is 2.29. The molecule has 0 saturated heterocycles. The van der Waals surface area contributed by atoms with Gasteiger partial charge in [-0.25, -0.2) is 0 Å². The quantitative estimate of drug-likeness (QED) is 0.499. The van der Waals surface area contributed by atoms with Crippen molar-refractivity contribution in [1.29, 1.82) is 0 Å². The highest BCUT2D eigenvalue weighted by atomic mass is 35.5. The third-order valence-corrected chi connectivity index (χ3v) is 5.31. The second-order valence-electron chi connectivity index (χ2n) is 8.40. The molecule has 7 heteroatoms. The zero-order valence-corrected chi connectivity index (χ0v) is 20.0. The Labute approximate surface area is 194 Å². The predicted molar refractivity (Wildman–Crippen MR) is 126 cm³/mol. The summed E-state index contributed by atoms with van der Waals surface area (Å²) in [5.74, 6) is 0.362. The molecule has 0 spiro atoms. The van der Waals surface area contributed by atoms with Gasteiger partial charge in [0.15, 0.2) is 0 Å². The molecule has 2 aromatic rings. The van der Waals surface area contributed by atoms with Gasteiger partial charge in [0.2, 0.25) is 11.8 Å². The second-order valence-corrected chi connectivity index (χ2v) is 9.22. The monoisotopic (exact) mass is 464 g/mol. The van der Waals surface area contributed by atoms with Gasteiger partial charge in [0.1, 0.15) is 11.8 Å². The van der Waals surface area contributed by atoms with E-state index >= 15 is 0 Å². The Morgan fingerprint density at radius 3 is 2.23 bits per heavy atom. The van der Waals surface area contributed by atoms with Crippen LogP contribution in [0, 0.1) is 0 Å². The molecule has 31 heavy (non-hydrogen) atoms. The molecule has 2 aromatic carbocycles. The molecule has 0 saturated carbocycles. The SMILES string of the molecule is C[C@H](C(=O)NC(C)(C)C)N(Cc1c(Cl)cccc1Cl)C(=O)CCCOc1ccccc1. The molecule has 0 aliphatic carbocycles. The van der Waals surface area contributed by atoms with E-state index in [1.807, 2.05) is 51.1 Å². The molecule has 0 unspecified atom stereocenters. The molecule has 0 bridgehead atoms. The van der Waals surface area contributed by atoms with E-state index in [4.69, 9.17) is 27.9 Å². The minimum absolute atomic E-state index is 0.148. The van der Waals surface area contributed by atoms with Crippen molar-refractivity contribution in [3.63, 3.8) is 0 Å². The Morgan fingerprint density at radius 2 is 1.65 bits per heavy atom. The van der Waals surface area contributed by atoms with Crippen LogP contribution in [0.4, 0.5) is 0 Å². The van der Waals surface area contributed by atoms with Crippen LogP contribution in [0.1, 0.15) is 46.1 Å². The molecule has 0 aromatic heterocycles. The molecular formula is C24H30Cl2N2O3. The normalized spacial score (nSPS) is 12.2. The average molecular weight is 465 g/mol. The highest BCUT2D eigenvalue weighted by Crippen LogP contribution is 2.27. The van der Waals surface area contributed by atoms with Gasteiger partial charge in [-0.05, 0) is 58.4 Å². The van der Waals surface area contributed by atoms with Gasteiger partial charge in [-0.15, -0.1) is 0 Å². The minimum atomic E-state index is -0.686. The smallest absolute Gasteiger partial charge is 0.242 e. The number of carbonyl (C=O) groups excluding carboxylic acids is 2. The number of carbonyl (C=O) groups is 2. The number of amides is 2. The van der Waals surface area contributed by atoms with Crippen LogP contribution >= 0.6 is 23.2 Å².